The lowest BCUT2D eigenvalue weighted by Crippen LogP contribution is -2.47. The Hall–Kier alpha value is -1.26. The van der Waals surface area contributed by atoms with Crippen molar-refractivity contribution in [2.75, 3.05) is 32.7 Å². The van der Waals surface area contributed by atoms with Crippen molar-refractivity contribution in [2.24, 2.45) is 11.3 Å². The van der Waals surface area contributed by atoms with E-state index in [1.54, 1.807) is 0 Å². The Kier molecular flexibility index (Phi) is 4.59. The average molecular weight is 307 g/mol. The molecule has 124 valence electrons. The lowest BCUT2D eigenvalue weighted by molar-refractivity contribution is -0.130. The van der Waals surface area contributed by atoms with Crippen molar-refractivity contribution < 1.29 is 9.59 Å². The predicted molar refractivity (Wildman–Crippen MR) is 85.5 cm³/mol. The van der Waals surface area contributed by atoms with Gasteiger partial charge in [0.2, 0.25) is 5.91 Å². The third-order valence-corrected chi connectivity index (χ3v) is 5.75. The lowest BCUT2D eigenvalue weighted by atomic mass is 9.73. The molecule has 0 radical (unpaired) electrons. The second-order valence-corrected chi connectivity index (χ2v) is 7.36. The highest BCUT2D eigenvalue weighted by Gasteiger charge is 2.39. The smallest absolute Gasteiger partial charge is 0.317 e. The molecule has 3 fully saturated rings. The first-order chi connectivity index (χ1) is 10.6. The van der Waals surface area contributed by atoms with Crippen LogP contribution < -0.4 is 5.32 Å². The fourth-order valence-electron chi connectivity index (χ4n) is 3.90. The van der Waals surface area contributed by atoms with Crippen molar-refractivity contribution in [1.82, 2.24) is 15.1 Å². The van der Waals surface area contributed by atoms with Crippen LogP contribution in [-0.2, 0) is 4.79 Å². The summed E-state index contributed by atoms with van der Waals surface area (Å²) in [5.74, 6) is 1.13. The van der Waals surface area contributed by atoms with Gasteiger partial charge >= 0.3 is 6.03 Å². The number of piperidine rings is 1. The molecule has 5 nitrogen and oxygen atoms in total. The second-order valence-electron chi connectivity index (χ2n) is 7.36. The van der Waals surface area contributed by atoms with Crippen molar-refractivity contribution in [3.05, 3.63) is 0 Å². The summed E-state index contributed by atoms with van der Waals surface area (Å²) in [5.41, 5.74) is 0.289. The van der Waals surface area contributed by atoms with Crippen LogP contribution >= 0.6 is 0 Å². The third-order valence-electron chi connectivity index (χ3n) is 5.75. The molecule has 2 heterocycles. The summed E-state index contributed by atoms with van der Waals surface area (Å²) in [7, 11) is 0. The molecule has 3 aliphatic rings. The number of nitrogens with one attached hydrogen (secondary N) is 1. The van der Waals surface area contributed by atoms with Crippen LogP contribution in [0.5, 0.6) is 0 Å². The topological polar surface area (TPSA) is 52.7 Å². The Bertz CT molecular complexity index is 426. The molecule has 0 aromatic carbocycles. The molecule has 0 aromatic rings. The average Bonchev–Trinajstić information content (AvgIpc) is 3.34. The van der Waals surface area contributed by atoms with Gasteiger partial charge in [0.25, 0.3) is 0 Å². The van der Waals surface area contributed by atoms with Gasteiger partial charge in [-0.25, -0.2) is 4.79 Å². The molecule has 1 saturated carbocycles. The summed E-state index contributed by atoms with van der Waals surface area (Å²) in [4.78, 5) is 28.3. The van der Waals surface area contributed by atoms with E-state index in [4.69, 9.17) is 0 Å². The maximum absolute atomic E-state index is 12.3. The van der Waals surface area contributed by atoms with Gasteiger partial charge in [-0.15, -0.1) is 0 Å². The first-order valence-corrected chi connectivity index (χ1v) is 8.92. The van der Waals surface area contributed by atoms with E-state index in [2.05, 4.69) is 10.2 Å². The van der Waals surface area contributed by atoms with Gasteiger partial charge in [-0.3, -0.25) is 4.79 Å². The molecule has 2 aliphatic heterocycles. The molecule has 1 aliphatic carbocycles. The van der Waals surface area contributed by atoms with Crippen molar-refractivity contribution >= 4 is 11.9 Å². The SMILES string of the molecule is CCNC(=O)N1CCC2(CCC(=O)N(CC3CC3)CC2)CC1. The minimum absolute atomic E-state index is 0.0670. The minimum Gasteiger partial charge on any atom is -0.342 e. The molecule has 1 N–H and O–H groups in total. The van der Waals surface area contributed by atoms with Crippen LogP contribution in [0.4, 0.5) is 4.79 Å². The van der Waals surface area contributed by atoms with E-state index in [1.165, 1.54) is 12.8 Å². The number of carbonyl (C=O) groups excluding carboxylic acids is 2. The number of hydrogen-bond acceptors (Lipinski definition) is 2. The normalized spacial score (nSPS) is 25.2. The van der Waals surface area contributed by atoms with Gasteiger partial charge in [-0.1, -0.05) is 0 Å². The zero-order valence-electron chi connectivity index (χ0n) is 13.8. The monoisotopic (exact) mass is 307 g/mol. The van der Waals surface area contributed by atoms with Crippen molar-refractivity contribution in [3.8, 4) is 0 Å². The van der Waals surface area contributed by atoms with E-state index >= 15 is 0 Å². The summed E-state index contributed by atoms with van der Waals surface area (Å²) in [5, 5.41) is 2.89. The number of nitrogens with zero attached hydrogens (tertiary/aromatic N) is 2. The Morgan fingerprint density at radius 3 is 2.50 bits per heavy atom. The van der Waals surface area contributed by atoms with E-state index in [-0.39, 0.29) is 11.4 Å². The highest BCUT2D eigenvalue weighted by atomic mass is 16.2. The first-order valence-electron chi connectivity index (χ1n) is 8.92. The first kappa shape index (κ1) is 15.6. The van der Waals surface area contributed by atoms with E-state index in [1.807, 2.05) is 11.8 Å². The Balaban J connectivity index is 1.54. The van der Waals surface area contributed by atoms with Gasteiger partial charge in [0, 0.05) is 39.1 Å². The molecule has 22 heavy (non-hydrogen) atoms. The molecule has 5 heteroatoms. The standard InChI is InChI=1S/C17H29N3O2/c1-2-18-16(22)19-10-7-17(8-11-19)6-5-15(21)20(12-9-17)13-14-3-4-14/h14H,2-13H2,1H3,(H,18,22). The van der Waals surface area contributed by atoms with Crippen LogP contribution in [0.3, 0.4) is 0 Å². The van der Waals surface area contributed by atoms with Gasteiger partial charge in [-0.2, -0.15) is 0 Å². The quantitative estimate of drug-likeness (QED) is 0.869. The molecule has 0 bridgehead atoms. The summed E-state index contributed by atoms with van der Waals surface area (Å²) in [6.07, 6.45) is 7.54. The summed E-state index contributed by atoms with van der Waals surface area (Å²) >= 11 is 0. The molecule has 0 aromatic heterocycles. The van der Waals surface area contributed by atoms with Crippen molar-refractivity contribution in [3.63, 3.8) is 0 Å². The van der Waals surface area contributed by atoms with Gasteiger partial charge in [-0.05, 0) is 56.8 Å². The van der Waals surface area contributed by atoms with Gasteiger partial charge in [0.15, 0.2) is 0 Å². The van der Waals surface area contributed by atoms with Gasteiger partial charge < -0.3 is 15.1 Å². The second kappa shape index (κ2) is 6.47. The number of rotatable bonds is 3. The fourth-order valence-corrected chi connectivity index (χ4v) is 3.90. The highest BCUT2D eigenvalue weighted by molar-refractivity contribution is 5.76. The Labute approximate surface area is 133 Å². The largest absolute Gasteiger partial charge is 0.342 e. The van der Waals surface area contributed by atoms with Crippen molar-refractivity contribution in [2.45, 2.75) is 51.9 Å². The maximum atomic E-state index is 12.3. The Morgan fingerprint density at radius 1 is 1.18 bits per heavy atom. The number of amides is 3. The lowest BCUT2D eigenvalue weighted by Gasteiger charge is -2.41. The molecule has 1 spiro atoms. The molecular formula is C17H29N3O2. The van der Waals surface area contributed by atoms with Gasteiger partial charge in [0.1, 0.15) is 0 Å². The summed E-state index contributed by atoms with van der Waals surface area (Å²) in [6.45, 7) is 6.22. The van der Waals surface area contributed by atoms with E-state index in [0.717, 1.165) is 57.8 Å². The Morgan fingerprint density at radius 2 is 1.86 bits per heavy atom. The molecule has 3 amide bonds. The van der Waals surface area contributed by atoms with E-state index in [0.29, 0.717) is 18.9 Å². The highest BCUT2D eigenvalue weighted by Crippen LogP contribution is 2.42. The number of carbonyl (C=O) groups is 2. The predicted octanol–water partition coefficient (Wildman–Crippen LogP) is 2.22. The number of likely N-dealkylation sites (tertiary alicyclic amines) is 2. The zero-order chi connectivity index (χ0) is 15.6. The van der Waals surface area contributed by atoms with Crippen LogP contribution in [0.1, 0.15) is 51.9 Å². The molecule has 2 saturated heterocycles. The van der Waals surface area contributed by atoms with E-state index in [9.17, 15) is 9.59 Å². The van der Waals surface area contributed by atoms with E-state index < -0.39 is 0 Å². The molecule has 0 atom stereocenters. The van der Waals surface area contributed by atoms with Gasteiger partial charge in [0.05, 0.1) is 0 Å². The van der Waals surface area contributed by atoms with Crippen LogP contribution in [-0.4, -0.2) is 54.5 Å². The number of urea groups is 1. The van der Waals surface area contributed by atoms with Crippen LogP contribution in [0.25, 0.3) is 0 Å². The zero-order valence-corrected chi connectivity index (χ0v) is 13.8. The van der Waals surface area contributed by atoms with Crippen LogP contribution in [0, 0.1) is 11.3 Å². The summed E-state index contributed by atoms with van der Waals surface area (Å²) < 4.78 is 0. The number of hydrogen-bond donors (Lipinski definition) is 1. The molecular weight excluding hydrogens is 278 g/mol. The minimum atomic E-state index is 0.0670. The van der Waals surface area contributed by atoms with Crippen LogP contribution in [0.15, 0.2) is 0 Å². The fraction of sp³-hybridized carbons (Fsp3) is 0.882. The molecule has 3 rings (SSSR count). The molecule has 0 unspecified atom stereocenters. The van der Waals surface area contributed by atoms with Crippen molar-refractivity contribution in [1.29, 1.82) is 0 Å². The third kappa shape index (κ3) is 3.55. The summed E-state index contributed by atoms with van der Waals surface area (Å²) in [6, 6.07) is 0.0670. The van der Waals surface area contributed by atoms with Crippen LogP contribution in [0.2, 0.25) is 0 Å². The maximum Gasteiger partial charge on any atom is 0.317 e.